The van der Waals surface area contributed by atoms with Crippen molar-refractivity contribution >= 4 is 17.5 Å². The van der Waals surface area contributed by atoms with Crippen molar-refractivity contribution in [3.63, 3.8) is 0 Å². The summed E-state index contributed by atoms with van der Waals surface area (Å²) >= 11 is 0. The minimum Gasteiger partial charge on any atom is -0.493 e. The number of benzene rings is 2. The predicted octanol–water partition coefficient (Wildman–Crippen LogP) is 3.18. The fourth-order valence-electron chi connectivity index (χ4n) is 3.79. The fraction of sp³-hybridized carbons (Fsp3) is 0.391. The molecular formula is C23H26N2O4. The zero-order chi connectivity index (χ0) is 20.4. The SMILES string of the molecule is COc1ccc(CC(=O)Nc2ccc3c(c2)CN(C(=O)C2CC2)CC3)cc1OC. The number of hydrogen-bond acceptors (Lipinski definition) is 4. The van der Waals surface area contributed by atoms with Gasteiger partial charge in [-0.15, -0.1) is 0 Å². The van der Waals surface area contributed by atoms with Crippen LogP contribution >= 0.6 is 0 Å². The zero-order valence-electron chi connectivity index (χ0n) is 16.9. The van der Waals surface area contributed by atoms with Crippen molar-refractivity contribution < 1.29 is 19.1 Å². The summed E-state index contributed by atoms with van der Waals surface area (Å²) in [6.07, 6.45) is 3.15. The number of nitrogens with zero attached hydrogens (tertiary/aromatic N) is 1. The Hall–Kier alpha value is -3.02. The standard InChI is InChI=1S/C23H26N2O4/c1-28-20-8-3-15(11-21(20)29-2)12-22(26)24-19-7-6-16-9-10-25(14-18(16)13-19)23(27)17-4-5-17/h3,6-8,11,13,17H,4-5,9-10,12,14H2,1-2H3,(H,24,26). The molecule has 6 nitrogen and oxygen atoms in total. The first kappa shape index (κ1) is 19.3. The van der Waals surface area contributed by atoms with Gasteiger partial charge in [0.05, 0.1) is 20.6 Å². The van der Waals surface area contributed by atoms with Crippen LogP contribution in [-0.4, -0.2) is 37.5 Å². The summed E-state index contributed by atoms with van der Waals surface area (Å²) in [6.45, 7) is 1.41. The van der Waals surface area contributed by atoms with Gasteiger partial charge >= 0.3 is 0 Å². The summed E-state index contributed by atoms with van der Waals surface area (Å²) in [7, 11) is 3.16. The number of anilines is 1. The lowest BCUT2D eigenvalue weighted by atomic mass is 9.98. The molecule has 152 valence electrons. The van der Waals surface area contributed by atoms with Crippen molar-refractivity contribution in [1.29, 1.82) is 0 Å². The molecule has 0 radical (unpaired) electrons. The van der Waals surface area contributed by atoms with Crippen LogP contribution in [0.1, 0.15) is 29.5 Å². The highest BCUT2D eigenvalue weighted by Gasteiger charge is 2.34. The number of fused-ring (bicyclic) bond motifs is 1. The second-order valence-electron chi connectivity index (χ2n) is 7.68. The fourth-order valence-corrected chi connectivity index (χ4v) is 3.79. The van der Waals surface area contributed by atoms with Crippen molar-refractivity contribution in [3.05, 3.63) is 53.1 Å². The van der Waals surface area contributed by atoms with Crippen molar-refractivity contribution in [1.82, 2.24) is 4.90 Å². The first-order chi connectivity index (χ1) is 14.1. The second-order valence-corrected chi connectivity index (χ2v) is 7.68. The Bertz CT molecular complexity index is 936. The lowest BCUT2D eigenvalue weighted by Gasteiger charge is -2.29. The molecule has 1 aliphatic carbocycles. The van der Waals surface area contributed by atoms with Gasteiger partial charge in [0.2, 0.25) is 11.8 Å². The van der Waals surface area contributed by atoms with Crippen LogP contribution in [0.3, 0.4) is 0 Å². The van der Waals surface area contributed by atoms with Gasteiger partial charge in [0.1, 0.15) is 0 Å². The molecular weight excluding hydrogens is 368 g/mol. The number of rotatable bonds is 6. The number of nitrogens with one attached hydrogen (secondary N) is 1. The summed E-state index contributed by atoms with van der Waals surface area (Å²) in [5, 5.41) is 2.97. The van der Waals surface area contributed by atoms with Gasteiger partial charge in [-0.05, 0) is 60.2 Å². The lowest BCUT2D eigenvalue weighted by molar-refractivity contribution is -0.133. The molecule has 2 aliphatic rings. The van der Waals surface area contributed by atoms with Gasteiger partial charge in [-0.2, -0.15) is 0 Å². The van der Waals surface area contributed by atoms with Crippen molar-refractivity contribution in [3.8, 4) is 11.5 Å². The van der Waals surface area contributed by atoms with Gasteiger partial charge in [0.25, 0.3) is 0 Å². The van der Waals surface area contributed by atoms with Gasteiger partial charge in [0, 0.05) is 24.7 Å². The summed E-state index contributed by atoms with van der Waals surface area (Å²) in [4.78, 5) is 26.9. The van der Waals surface area contributed by atoms with E-state index in [0.29, 0.717) is 18.0 Å². The van der Waals surface area contributed by atoms with E-state index in [0.717, 1.165) is 42.6 Å². The number of hydrogen-bond donors (Lipinski definition) is 1. The summed E-state index contributed by atoms with van der Waals surface area (Å²) < 4.78 is 10.5. The van der Waals surface area contributed by atoms with Gasteiger partial charge in [0.15, 0.2) is 11.5 Å². The summed E-state index contributed by atoms with van der Waals surface area (Å²) in [5.74, 6) is 1.65. The Morgan fingerprint density at radius 3 is 2.55 bits per heavy atom. The maximum absolute atomic E-state index is 12.5. The predicted molar refractivity (Wildman–Crippen MR) is 110 cm³/mol. The Morgan fingerprint density at radius 2 is 1.83 bits per heavy atom. The molecule has 0 unspecified atom stereocenters. The van der Waals surface area contributed by atoms with Crippen LogP contribution in [0.5, 0.6) is 11.5 Å². The van der Waals surface area contributed by atoms with Crippen LogP contribution < -0.4 is 14.8 Å². The van der Waals surface area contributed by atoms with Crippen LogP contribution in [-0.2, 0) is 29.0 Å². The van der Waals surface area contributed by atoms with Crippen molar-refractivity contribution in [2.75, 3.05) is 26.1 Å². The molecule has 0 bridgehead atoms. The van der Waals surface area contributed by atoms with Gasteiger partial charge in [-0.25, -0.2) is 0 Å². The minimum atomic E-state index is -0.0982. The zero-order valence-corrected chi connectivity index (χ0v) is 16.9. The maximum atomic E-state index is 12.5. The molecule has 1 saturated carbocycles. The molecule has 4 rings (SSSR count). The van der Waals surface area contributed by atoms with E-state index < -0.39 is 0 Å². The van der Waals surface area contributed by atoms with E-state index in [2.05, 4.69) is 11.4 Å². The molecule has 0 saturated heterocycles. The first-order valence-corrected chi connectivity index (χ1v) is 9.98. The molecule has 6 heteroatoms. The third kappa shape index (κ3) is 4.36. The average Bonchev–Trinajstić information content (AvgIpc) is 3.58. The van der Waals surface area contributed by atoms with Crippen LogP contribution in [0.15, 0.2) is 36.4 Å². The third-order valence-electron chi connectivity index (χ3n) is 5.55. The van der Waals surface area contributed by atoms with E-state index in [1.165, 1.54) is 5.56 Å². The maximum Gasteiger partial charge on any atom is 0.228 e. The van der Waals surface area contributed by atoms with Gasteiger partial charge in [-0.3, -0.25) is 9.59 Å². The Morgan fingerprint density at radius 1 is 1.03 bits per heavy atom. The second kappa shape index (κ2) is 8.15. The Labute approximate surface area is 170 Å². The van der Waals surface area contributed by atoms with Gasteiger partial charge < -0.3 is 19.7 Å². The lowest BCUT2D eigenvalue weighted by Crippen LogP contribution is -2.36. The molecule has 29 heavy (non-hydrogen) atoms. The Kier molecular flexibility index (Phi) is 5.43. The van der Waals surface area contributed by atoms with Crippen molar-refractivity contribution in [2.24, 2.45) is 5.92 Å². The quantitative estimate of drug-likeness (QED) is 0.817. The van der Waals surface area contributed by atoms with Crippen LogP contribution in [0.2, 0.25) is 0 Å². The summed E-state index contributed by atoms with van der Waals surface area (Å²) in [5.41, 5.74) is 3.98. The van der Waals surface area contributed by atoms with Crippen LogP contribution in [0.4, 0.5) is 5.69 Å². The van der Waals surface area contributed by atoms with Crippen LogP contribution in [0, 0.1) is 5.92 Å². The molecule has 1 N–H and O–H groups in total. The number of carbonyl (C=O) groups excluding carboxylic acids is 2. The summed E-state index contributed by atoms with van der Waals surface area (Å²) in [6, 6.07) is 11.5. The molecule has 1 fully saturated rings. The first-order valence-electron chi connectivity index (χ1n) is 9.98. The third-order valence-corrected chi connectivity index (χ3v) is 5.55. The molecule has 1 heterocycles. The van der Waals surface area contributed by atoms with Crippen LogP contribution in [0.25, 0.3) is 0 Å². The Balaban J connectivity index is 1.41. The normalized spacial score (nSPS) is 15.4. The van der Waals surface area contributed by atoms with E-state index in [1.54, 1.807) is 20.3 Å². The average molecular weight is 394 g/mol. The van der Waals surface area contributed by atoms with E-state index in [-0.39, 0.29) is 24.2 Å². The molecule has 2 aromatic rings. The van der Waals surface area contributed by atoms with E-state index >= 15 is 0 Å². The highest BCUT2D eigenvalue weighted by Crippen LogP contribution is 2.33. The van der Waals surface area contributed by atoms with E-state index in [4.69, 9.17) is 9.47 Å². The smallest absolute Gasteiger partial charge is 0.228 e. The molecule has 0 aromatic heterocycles. The number of carbonyl (C=O) groups is 2. The topological polar surface area (TPSA) is 67.9 Å². The monoisotopic (exact) mass is 394 g/mol. The highest BCUT2D eigenvalue weighted by molar-refractivity contribution is 5.92. The molecule has 2 aromatic carbocycles. The molecule has 2 amide bonds. The van der Waals surface area contributed by atoms with Crippen molar-refractivity contribution in [2.45, 2.75) is 32.2 Å². The molecule has 0 atom stereocenters. The number of amides is 2. The largest absolute Gasteiger partial charge is 0.493 e. The number of methoxy groups -OCH3 is 2. The highest BCUT2D eigenvalue weighted by atomic mass is 16.5. The van der Waals surface area contributed by atoms with E-state index in [1.807, 2.05) is 29.2 Å². The minimum absolute atomic E-state index is 0.0982. The van der Waals surface area contributed by atoms with Gasteiger partial charge in [-0.1, -0.05) is 12.1 Å². The molecule has 1 aliphatic heterocycles. The molecule has 0 spiro atoms. The van der Waals surface area contributed by atoms with E-state index in [9.17, 15) is 9.59 Å². The number of ether oxygens (including phenoxy) is 2.